The van der Waals surface area contributed by atoms with E-state index in [4.69, 9.17) is 13.9 Å². The van der Waals surface area contributed by atoms with Gasteiger partial charge in [-0.1, -0.05) is 24.3 Å². The molecule has 0 saturated carbocycles. The lowest BCUT2D eigenvalue weighted by Crippen LogP contribution is -2.40. The van der Waals surface area contributed by atoms with Crippen molar-refractivity contribution in [3.63, 3.8) is 0 Å². The lowest BCUT2D eigenvalue weighted by Gasteiger charge is -2.30. The summed E-state index contributed by atoms with van der Waals surface area (Å²) in [5.41, 5.74) is 2.12. The number of methoxy groups -OCH3 is 1. The number of carbonyl (C=O) groups is 2. The maximum atomic E-state index is 12.8. The number of fused-ring (bicyclic) bond motifs is 4. The molecule has 1 N–H and O–H groups in total. The van der Waals surface area contributed by atoms with Crippen LogP contribution in [0.25, 0.3) is 0 Å². The Morgan fingerprint density at radius 2 is 1.93 bits per heavy atom. The first-order valence-electron chi connectivity index (χ1n) is 9.85. The van der Waals surface area contributed by atoms with E-state index in [-0.39, 0.29) is 12.0 Å². The predicted molar refractivity (Wildman–Crippen MR) is 111 cm³/mol. The topological polar surface area (TPSA) is 89.2 Å². The minimum absolute atomic E-state index is 0.236. The fraction of sp³-hybridized carbons (Fsp3) is 0.478. The highest BCUT2D eigenvalue weighted by molar-refractivity contribution is 5.93. The van der Waals surface area contributed by atoms with E-state index in [2.05, 4.69) is 13.2 Å². The number of ether oxygens (including phenoxy) is 2. The minimum Gasteiger partial charge on any atom is -0.465 e. The molecule has 30 heavy (non-hydrogen) atoms. The van der Waals surface area contributed by atoms with E-state index in [9.17, 15) is 14.7 Å². The molecule has 1 fully saturated rings. The third-order valence-corrected chi connectivity index (χ3v) is 5.87. The van der Waals surface area contributed by atoms with E-state index >= 15 is 0 Å². The van der Waals surface area contributed by atoms with Crippen LogP contribution < -0.4 is 0 Å². The summed E-state index contributed by atoms with van der Waals surface area (Å²) in [4.78, 5) is 27.1. The Labute approximate surface area is 176 Å². The highest BCUT2D eigenvalue weighted by Gasteiger charge is 2.48. The van der Waals surface area contributed by atoms with Crippen LogP contribution in [0.15, 0.2) is 46.4 Å². The summed E-state index contributed by atoms with van der Waals surface area (Å²) < 4.78 is 16.8. The molecule has 162 valence electrons. The van der Waals surface area contributed by atoms with Crippen molar-refractivity contribution >= 4 is 11.9 Å². The van der Waals surface area contributed by atoms with Crippen LogP contribution in [0.5, 0.6) is 0 Å². The summed E-state index contributed by atoms with van der Waals surface area (Å²) in [5, 5.41) is 11.0. The van der Waals surface area contributed by atoms with Crippen LogP contribution in [0.4, 0.5) is 0 Å². The van der Waals surface area contributed by atoms with Crippen LogP contribution in [0.3, 0.4) is 0 Å². The number of furan rings is 1. The maximum absolute atomic E-state index is 12.8. The molecule has 0 amide bonds. The Kier molecular flexibility index (Phi) is 6.06. The van der Waals surface area contributed by atoms with Gasteiger partial charge in [0.2, 0.25) is 0 Å². The Hall–Kier alpha value is -2.64. The molecule has 0 aromatic carbocycles. The van der Waals surface area contributed by atoms with Gasteiger partial charge in [0.25, 0.3) is 0 Å². The standard InChI is InChI=1S/C23H29NO6/c1-11(2)13-9-17-14(22(26)28-7)10-18(29-17)19(12(3)4)21-20(24(5)6)15(8-16(13)25)23(27)30-21/h8,10,13,16,19-21,25H,1,3,9H2,2,4-7H3/t13-,16+,19+,20-,21+/m0/s1. The number of carbonyl (C=O) groups excluding carboxylic acids is 2. The molecule has 0 spiro atoms. The molecule has 3 heterocycles. The smallest absolute Gasteiger partial charge is 0.341 e. The number of rotatable bonds is 4. The second-order valence-corrected chi connectivity index (χ2v) is 8.35. The molecule has 1 aromatic heterocycles. The molecule has 0 radical (unpaired) electrons. The van der Waals surface area contributed by atoms with Gasteiger partial charge < -0.3 is 19.0 Å². The average Bonchev–Trinajstić information content (AvgIpc) is 3.19. The van der Waals surface area contributed by atoms with Crippen molar-refractivity contribution in [1.82, 2.24) is 4.90 Å². The maximum Gasteiger partial charge on any atom is 0.341 e. The van der Waals surface area contributed by atoms with E-state index in [1.807, 2.05) is 25.9 Å². The van der Waals surface area contributed by atoms with Crippen LogP contribution in [0.1, 0.15) is 41.6 Å². The molecular weight excluding hydrogens is 386 g/mol. The van der Waals surface area contributed by atoms with Crippen molar-refractivity contribution in [2.75, 3.05) is 21.2 Å². The van der Waals surface area contributed by atoms with Crippen LogP contribution >= 0.6 is 0 Å². The van der Waals surface area contributed by atoms with E-state index < -0.39 is 42.0 Å². The van der Waals surface area contributed by atoms with Gasteiger partial charge in [0.1, 0.15) is 23.2 Å². The van der Waals surface area contributed by atoms with Crippen LogP contribution in [0, 0.1) is 5.92 Å². The third-order valence-electron chi connectivity index (χ3n) is 5.87. The first-order valence-corrected chi connectivity index (χ1v) is 9.85. The second-order valence-electron chi connectivity index (χ2n) is 8.35. The average molecular weight is 415 g/mol. The number of esters is 2. The normalized spacial score (nSPS) is 28.4. The highest BCUT2D eigenvalue weighted by Crippen LogP contribution is 2.41. The predicted octanol–water partition coefficient (Wildman–Crippen LogP) is 2.62. The lowest BCUT2D eigenvalue weighted by atomic mass is 9.84. The zero-order valence-electron chi connectivity index (χ0n) is 18.1. The summed E-state index contributed by atoms with van der Waals surface area (Å²) >= 11 is 0. The molecule has 0 aliphatic carbocycles. The summed E-state index contributed by atoms with van der Waals surface area (Å²) in [7, 11) is 5.00. The van der Waals surface area contributed by atoms with E-state index in [0.717, 1.165) is 5.57 Å². The number of aliphatic hydroxyl groups is 1. The molecule has 1 aromatic rings. The van der Waals surface area contributed by atoms with Gasteiger partial charge in [0, 0.05) is 12.3 Å². The molecular formula is C23H29NO6. The molecule has 3 rings (SSSR count). The number of aliphatic hydroxyl groups excluding tert-OH is 1. The van der Waals surface area contributed by atoms with Gasteiger partial charge in [-0.25, -0.2) is 9.59 Å². The van der Waals surface area contributed by atoms with E-state index in [1.54, 1.807) is 19.1 Å². The van der Waals surface area contributed by atoms with E-state index in [0.29, 0.717) is 22.7 Å². The molecule has 2 aliphatic heterocycles. The summed E-state index contributed by atoms with van der Waals surface area (Å²) in [6, 6.07) is 1.21. The molecule has 7 nitrogen and oxygen atoms in total. The van der Waals surface area contributed by atoms with Gasteiger partial charge in [-0.15, -0.1) is 0 Å². The second kappa shape index (κ2) is 8.24. The largest absolute Gasteiger partial charge is 0.465 e. The van der Waals surface area contributed by atoms with Gasteiger partial charge in [0.05, 0.1) is 30.7 Å². The summed E-state index contributed by atoms with van der Waals surface area (Å²) in [6.07, 6.45) is 0.161. The first-order chi connectivity index (χ1) is 14.1. The van der Waals surface area contributed by atoms with Crippen LogP contribution in [-0.2, 0) is 20.7 Å². The number of hydrogen-bond acceptors (Lipinski definition) is 7. The van der Waals surface area contributed by atoms with Crippen LogP contribution in [0.2, 0.25) is 0 Å². The quantitative estimate of drug-likeness (QED) is 0.597. The third kappa shape index (κ3) is 3.75. The Morgan fingerprint density at radius 3 is 2.47 bits per heavy atom. The Balaban J connectivity index is 2.28. The number of nitrogens with zero attached hydrogens (tertiary/aromatic N) is 1. The zero-order valence-corrected chi connectivity index (χ0v) is 18.1. The van der Waals surface area contributed by atoms with Crippen molar-refractivity contribution in [2.24, 2.45) is 5.92 Å². The molecule has 1 saturated heterocycles. The summed E-state index contributed by atoms with van der Waals surface area (Å²) in [6.45, 7) is 11.7. The Morgan fingerprint density at radius 1 is 1.27 bits per heavy atom. The highest BCUT2D eigenvalue weighted by atomic mass is 16.6. The van der Waals surface area contributed by atoms with Crippen molar-refractivity contribution in [1.29, 1.82) is 0 Å². The van der Waals surface area contributed by atoms with Crippen LogP contribution in [-0.4, -0.2) is 61.4 Å². The SMILES string of the molecule is C=C(C)[C@@H]1c2cc(C(=O)OC)c(o2)C[C@@H](C(=C)C)[C@H](O)C=C2C(=O)O[C@H]1[C@H]2N(C)C. The van der Waals surface area contributed by atoms with Gasteiger partial charge >= 0.3 is 11.9 Å². The van der Waals surface area contributed by atoms with Crippen molar-refractivity contribution in [2.45, 2.75) is 44.4 Å². The monoisotopic (exact) mass is 415 g/mol. The number of hydrogen-bond donors (Lipinski definition) is 1. The molecule has 5 atom stereocenters. The van der Waals surface area contributed by atoms with Gasteiger partial charge in [-0.05, 0) is 40.1 Å². The van der Waals surface area contributed by atoms with E-state index in [1.165, 1.54) is 7.11 Å². The van der Waals surface area contributed by atoms with Crippen molar-refractivity contribution < 1.29 is 28.6 Å². The zero-order chi connectivity index (χ0) is 22.3. The molecule has 2 aliphatic rings. The molecule has 0 unspecified atom stereocenters. The lowest BCUT2D eigenvalue weighted by molar-refractivity contribution is -0.140. The van der Waals surface area contributed by atoms with Crippen molar-refractivity contribution in [3.05, 3.63) is 59.1 Å². The van der Waals surface area contributed by atoms with Gasteiger partial charge in [0.15, 0.2) is 0 Å². The van der Waals surface area contributed by atoms with Crippen molar-refractivity contribution in [3.8, 4) is 0 Å². The fourth-order valence-electron chi connectivity index (χ4n) is 4.35. The summed E-state index contributed by atoms with van der Waals surface area (Å²) in [5.74, 6) is -1.07. The molecule has 7 heteroatoms. The first kappa shape index (κ1) is 22.1. The fourth-order valence-corrected chi connectivity index (χ4v) is 4.35. The molecule has 4 bridgehead atoms. The Bertz CT molecular complexity index is 924. The minimum atomic E-state index is -1.01. The van der Waals surface area contributed by atoms with Gasteiger partial charge in [-0.2, -0.15) is 0 Å². The van der Waals surface area contributed by atoms with Gasteiger partial charge in [-0.3, -0.25) is 4.90 Å². The number of likely N-dealkylation sites (N-methyl/N-ethyl adjacent to an activating group) is 1.